The second-order valence-electron chi connectivity index (χ2n) is 4.33. The van der Waals surface area contributed by atoms with Gasteiger partial charge >= 0.3 is 5.97 Å². The second-order valence-corrected chi connectivity index (χ2v) is 4.33. The fourth-order valence-electron chi connectivity index (χ4n) is 2.62. The largest absolute Gasteiger partial charge is 0.480 e. The molecule has 2 aliphatic carbocycles. The van der Waals surface area contributed by atoms with Crippen molar-refractivity contribution in [3.63, 3.8) is 0 Å². The molecule has 0 aliphatic heterocycles. The van der Waals surface area contributed by atoms with Crippen LogP contribution in [0.15, 0.2) is 12.2 Å². The lowest BCUT2D eigenvalue weighted by atomic mass is 9.86. The Kier molecular flexibility index (Phi) is 1.91. The van der Waals surface area contributed by atoms with Gasteiger partial charge in [0.2, 0.25) is 0 Å². The minimum absolute atomic E-state index is 0.506. The molecule has 0 amide bonds. The number of carbonyl (C=O) groups is 1. The Morgan fingerprint density at radius 2 is 1.77 bits per heavy atom. The molecule has 3 heteroatoms. The first-order valence-electron chi connectivity index (χ1n) is 4.79. The SMILES string of the molecule is NC1(C(=O)O)C[C@H]2CC=CC[C@@H]2C1. The third-order valence-electron chi connectivity index (χ3n) is 3.39. The maximum atomic E-state index is 10.9. The molecular formula is C10H15NO2. The summed E-state index contributed by atoms with van der Waals surface area (Å²) < 4.78 is 0. The average molecular weight is 181 g/mol. The number of carboxylic acid groups (broad SMARTS) is 1. The molecule has 0 aromatic heterocycles. The van der Waals surface area contributed by atoms with Gasteiger partial charge < -0.3 is 10.8 Å². The van der Waals surface area contributed by atoms with Crippen molar-refractivity contribution in [3.8, 4) is 0 Å². The van der Waals surface area contributed by atoms with Gasteiger partial charge in [-0.05, 0) is 37.5 Å². The predicted molar refractivity (Wildman–Crippen MR) is 49.1 cm³/mol. The number of hydrogen-bond acceptors (Lipinski definition) is 2. The molecule has 0 saturated heterocycles. The van der Waals surface area contributed by atoms with Crippen molar-refractivity contribution < 1.29 is 9.90 Å². The van der Waals surface area contributed by atoms with Crippen molar-refractivity contribution in [2.24, 2.45) is 17.6 Å². The molecule has 2 aliphatic rings. The van der Waals surface area contributed by atoms with Crippen LogP contribution in [0.25, 0.3) is 0 Å². The maximum Gasteiger partial charge on any atom is 0.323 e. The van der Waals surface area contributed by atoms with Gasteiger partial charge in [0.1, 0.15) is 5.54 Å². The van der Waals surface area contributed by atoms with Gasteiger partial charge in [0.15, 0.2) is 0 Å². The summed E-state index contributed by atoms with van der Waals surface area (Å²) in [5.74, 6) is 0.180. The van der Waals surface area contributed by atoms with Gasteiger partial charge in [-0.3, -0.25) is 4.79 Å². The van der Waals surface area contributed by atoms with Gasteiger partial charge in [-0.2, -0.15) is 0 Å². The van der Waals surface area contributed by atoms with E-state index in [2.05, 4.69) is 12.2 Å². The highest BCUT2D eigenvalue weighted by atomic mass is 16.4. The summed E-state index contributed by atoms with van der Waals surface area (Å²) in [5, 5.41) is 8.97. The third-order valence-corrected chi connectivity index (χ3v) is 3.39. The summed E-state index contributed by atoms with van der Waals surface area (Å²) in [7, 11) is 0. The van der Waals surface area contributed by atoms with Gasteiger partial charge in [-0.15, -0.1) is 0 Å². The van der Waals surface area contributed by atoms with E-state index in [4.69, 9.17) is 10.8 Å². The van der Waals surface area contributed by atoms with Crippen LogP contribution in [-0.4, -0.2) is 16.6 Å². The lowest BCUT2D eigenvalue weighted by Gasteiger charge is -2.19. The molecule has 0 heterocycles. The lowest BCUT2D eigenvalue weighted by Crippen LogP contribution is -2.45. The van der Waals surface area contributed by atoms with E-state index in [0.717, 1.165) is 12.8 Å². The Morgan fingerprint density at radius 1 is 1.31 bits per heavy atom. The Morgan fingerprint density at radius 3 is 2.15 bits per heavy atom. The molecule has 0 spiro atoms. The summed E-state index contributed by atoms with van der Waals surface area (Å²) in [6.07, 6.45) is 7.62. The number of hydrogen-bond donors (Lipinski definition) is 2. The van der Waals surface area contributed by atoms with Gasteiger partial charge in [0.05, 0.1) is 0 Å². The molecule has 1 saturated carbocycles. The number of allylic oxidation sites excluding steroid dienone is 2. The van der Waals surface area contributed by atoms with E-state index in [1.54, 1.807) is 0 Å². The topological polar surface area (TPSA) is 63.3 Å². The van der Waals surface area contributed by atoms with Crippen molar-refractivity contribution in [3.05, 3.63) is 12.2 Å². The molecule has 13 heavy (non-hydrogen) atoms. The average Bonchev–Trinajstić information content (AvgIpc) is 2.42. The maximum absolute atomic E-state index is 10.9. The minimum Gasteiger partial charge on any atom is -0.480 e. The summed E-state index contributed by atoms with van der Waals surface area (Å²) in [4.78, 5) is 10.9. The predicted octanol–water partition coefficient (Wildman–Crippen LogP) is 1.14. The van der Waals surface area contributed by atoms with E-state index in [1.807, 2.05) is 0 Å². The van der Waals surface area contributed by atoms with Crippen molar-refractivity contribution >= 4 is 5.97 Å². The Balaban J connectivity index is 2.13. The fourth-order valence-corrected chi connectivity index (χ4v) is 2.62. The molecule has 1 fully saturated rings. The molecule has 3 nitrogen and oxygen atoms in total. The van der Waals surface area contributed by atoms with Gasteiger partial charge in [0, 0.05) is 0 Å². The third kappa shape index (κ3) is 1.37. The Bertz CT molecular complexity index is 244. The van der Waals surface area contributed by atoms with Crippen LogP contribution in [0.1, 0.15) is 25.7 Å². The van der Waals surface area contributed by atoms with Crippen molar-refractivity contribution in [2.45, 2.75) is 31.2 Å². The molecule has 0 unspecified atom stereocenters. The van der Waals surface area contributed by atoms with Crippen molar-refractivity contribution in [1.82, 2.24) is 0 Å². The number of carboxylic acids is 1. The monoisotopic (exact) mass is 181 g/mol. The fraction of sp³-hybridized carbons (Fsp3) is 0.700. The molecule has 3 N–H and O–H groups in total. The van der Waals surface area contributed by atoms with Crippen molar-refractivity contribution in [1.29, 1.82) is 0 Å². The van der Waals surface area contributed by atoms with Gasteiger partial charge in [-0.1, -0.05) is 12.2 Å². The summed E-state index contributed by atoms with van der Waals surface area (Å²) in [5.41, 5.74) is 4.89. The molecule has 0 radical (unpaired) electrons. The van der Waals surface area contributed by atoms with E-state index in [-0.39, 0.29) is 0 Å². The Hall–Kier alpha value is -0.830. The minimum atomic E-state index is -0.943. The summed E-state index contributed by atoms with van der Waals surface area (Å²) in [6, 6.07) is 0. The summed E-state index contributed by atoms with van der Waals surface area (Å²) in [6.45, 7) is 0. The zero-order valence-electron chi connectivity index (χ0n) is 7.57. The standard InChI is InChI=1S/C10H15NO2/c11-10(9(12)13)5-7-3-1-2-4-8(7)6-10/h1-2,7-8H,3-6,11H2,(H,12,13)/t7-,8-/m1/s1. The van der Waals surface area contributed by atoms with Gasteiger partial charge in [0.25, 0.3) is 0 Å². The highest BCUT2D eigenvalue weighted by Gasteiger charge is 2.47. The first kappa shape index (κ1) is 8.75. The lowest BCUT2D eigenvalue weighted by molar-refractivity contribution is -0.143. The van der Waals surface area contributed by atoms with Gasteiger partial charge in [-0.25, -0.2) is 0 Å². The number of nitrogens with two attached hydrogens (primary N) is 1. The zero-order valence-corrected chi connectivity index (χ0v) is 7.57. The molecular weight excluding hydrogens is 166 g/mol. The van der Waals surface area contributed by atoms with Crippen LogP contribution in [-0.2, 0) is 4.79 Å². The number of fused-ring (bicyclic) bond motifs is 1. The van der Waals surface area contributed by atoms with Crippen LogP contribution in [0.3, 0.4) is 0 Å². The van der Waals surface area contributed by atoms with E-state index in [0.29, 0.717) is 24.7 Å². The van der Waals surface area contributed by atoms with Crippen molar-refractivity contribution in [2.75, 3.05) is 0 Å². The van der Waals surface area contributed by atoms with E-state index in [1.165, 1.54) is 0 Å². The zero-order chi connectivity index (χ0) is 9.47. The quantitative estimate of drug-likeness (QED) is 0.596. The van der Waals surface area contributed by atoms with E-state index >= 15 is 0 Å². The molecule has 2 atom stereocenters. The normalized spacial score (nSPS) is 35.8. The van der Waals surface area contributed by atoms with Crippen LogP contribution in [0.4, 0.5) is 0 Å². The van der Waals surface area contributed by atoms with E-state index in [9.17, 15) is 4.79 Å². The molecule has 72 valence electrons. The molecule has 0 aromatic carbocycles. The number of rotatable bonds is 1. The van der Waals surface area contributed by atoms with Crippen LogP contribution in [0.2, 0.25) is 0 Å². The first-order valence-corrected chi connectivity index (χ1v) is 4.79. The van der Waals surface area contributed by atoms with E-state index < -0.39 is 11.5 Å². The molecule has 0 aromatic rings. The number of aliphatic carboxylic acids is 1. The second kappa shape index (κ2) is 2.84. The highest BCUT2D eigenvalue weighted by Crippen LogP contribution is 2.44. The molecule has 2 rings (SSSR count). The summed E-state index contributed by atoms with van der Waals surface area (Å²) >= 11 is 0. The first-order chi connectivity index (χ1) is 6.12. The smallest absolute Gasteiger partial charge is 0.323 e. The van der Waals surface area contributed by atoms with Crippen LogP contribution < -0.4 is 5.73 Å². The Labute approximate surface area is 77.6 Å². The van der Waals surface area contributed by atoms with Crippen LogP contribution in [0, 0.1) is 11.8 Å². The van der Waals surface area contributed by atoms with Crippen LogP contribution in [0.5, 0.6) is 0 Å². The highest BCUT2D eigenvalue weighted by molar-refractivity contribution is 5.79. The molecule has 0 bridgehead atoms. The van der Waals surface area contributed by atoms with Crippen LogP contribution >= 0.6 is 0 Å².